The number of aromatic nitrogens is 2. The molecule has 0 atom stereocenters. The molecule has 2 aromatic heterocycles. The fourth-order valence-electron chi connectivity index (χ4n) is 6.40. The number of fused-ring (bicyclic) bond motifs is 3. The van der Waals surface area contributed by atoms with E-state index in [0.717, 1.165) is 59.8 Å². The van der Waals surface area contributed by atoms with E-state index in [1.165, 1.54) is 11.3 Å². The highest BCUT2D eigenvalue weighted by atomic mass is 32.1. The van der Waals surface area contributed by atoms with Gasteiger partial charge in [-0.1, -0.05) is 44.2 Å². The first kappa shape index (κ1) is 27.9. The molecular formula is C32H35N7O2S. The number of hydrogen-bond donors (Lipinski definition) is 3. The Kier molecular flexibility index (Phi) is 7.03. The molecule has 2 amide bonds. The van der Waals surface area contributed by atoms with Crippen LogP contribution in [-0.2, 0) is 5.41 Å². The standard InChI is InChI=1S/C32H35N7O2S/c1-20-9-11-23-28(34-20)42-30(36-23)37-29(41)35-22-7-5-6-8-24(22)39-19-32(13-15-38(16-14-32)18-31(2,3)4)26-21(17-33)10-12-25(40)27(26)39/h5-12,40H,13-16,18-19H2,1-4H3,(H2,35,36,37,41). The number of para-hydroxylation sites is 2. The summed E-state index contributed by atoms with van der Waals surface area (Å²) in [4.78, 5) is 27.5. The van der Waals surface area contributed by atoms with Gasteiger partial charge in [-0.3, -0.25) is 5.32 Å². The highest BCUT2D eigenvalue weighted by molar-refractivity contribution is 7.21. The SMILES string of the molecule is Cc1ccc2nc(NC(=O)Nc3ccccc3N3CC4(CCN(CC(C)(C)C)CC4)c4c(C#N)ccc(O)c43)sc2n1. The van der Waals surface area contributed by atoms with Crippen LogP contribution in [0.4, 0.5) is 27.0 Å². The molecule has 1 saturated heterocycles. The number of rotatable bonds is 4. The lowest BCUT2D eigenvalue weighted by Gasteiger charge is -2.42. The molecule has 0 unspecified atom stereocenters. The number of phenols is 1. The fraction of sp³-hybridized carbons (Fsp3) is 0.375. The molecule has 9 nitrogen and oxygen atoms in total. The molecule has 216 valence electrons. The van der Waals surface area contributed by atoms with Crippen LogP contribution in [0.25, 0.3) is 10.3 Å². The van der Waals surface area contributed by atoms with Crippen molar-refractivity contribution in [3.8, 4) is 11.8 Å². The van der Waals surface area contributed by atoms with Gasteiger partial charge in [-0.05, 0) is 74.7 Å². The number of nitrogens with zero attached hydrogens (tertiary/aromatic N) is 5. The number of amides is 2. The normalized spacial score (nSPS) is 16.4. The molecule has 0 radical (unpaired) electrons. The summed E-state index contributed by atoms with van der Waals surface area (Å²) in [5, 5.41) is 27.6. The number of piperidine rings is 1. The number of urea groups is 1. The number of benzene rings is 2. The summed E-state index contributed by atoms with van der Waals surface area (Å²) in [7, 11) is 0. The molecule has 0 saturated carbocycles. The van der Waals surface area contributed by atoms with Gasteiger partial charge < -0.3 is 20.2 Å². The van der Waals surface area contributed by atoms with Crippen LogP contribution in [0.15, 0.2) is 48.5 Å². The molecule has 1 fully saturated rings. The molecule has 2 aliphatic heterocycles. The Bertz CT molecular complexity index is 1710. The molecule has 0 bridgehead atoms. The number of carbonyl (C=O) groups is 1. The van der Waals surface area contributed by atoms with Gasteiger partial charge in [0.05, 0.1) is 28.7 Å². The molecule has 1 spiro atoms. The summed E-state index contributed by atoms with van der Waals surface area (Å²) in [6.45, 7) is 12.1. The Morgan fingerprint density at radius 1 is 1.10 bits per heavy atom. The highest BCUT2D eigenvalue weighted by Crippen LogP contribution is 2.55. The predicted octanol–water partition coefficient (Wildman–Crippen LogP) is 6.75. The molecule has 42 heavy (non-hydrogen) atoms. The van der Waals surface area contributed by atoms with E-state index < -0.39 is 6.03 Å². The maximum Gasteiger partial charge on any atom is 0.325 e. The largest absolute Gasteiger partial charge is 0.506 e. The van der Waals surface area contributed by atoms with Crippen LogP contribution >= 0.6 is 11.3 Å². The van der Waals surface area contributed by atoms with Crippen molar-refractivity contribution in [2.45, 2.75) is 46.0 Å². The van der Waals surface area contributed by atoms with Gasteiger partial charge in [0, 0.05) is 29.8 Å². The lowest BCUT2D eigenvalue weighted by molar-refractivity contribution is 0.125. The summed E-state index contributed by atoms with van der Waals surface area (Å²) in [5.41, 5.74) is 5.06. The van der Waals surface area contributed by atoms with Crippen molar-refractivity contribution in [2.75, 3.05) is 41.7 Å². The van der Waals surface area contributed by atoms with Crippen molar-refractivity contribution in [1.82, 2.24) is 14.9 Å². The van der Waals surface area contributed by atoms with Gasteiger partial charge in [0.15, 0.2) is 5.13 Å². The first-order valence-corrected chi connectivity index (χ1v) is 15.0. The molecule has 2 aromatic carbocycles. The predicted molar refractivity (Wildman–Crippen MR) is 168 cm³/mol. The quantitative estimate of drug-likeness (QED) is 0.244. The Hall–Kier alpha value is -4.20. The van der Waals surface area contributed by atoms with E-state index >= 15 is 0 Å². The van der Waals surface area contributed by atoms with Crippen molar-refractivity contribution in [3.05, 3.63) is 65.4 Å². The number of aromatic hydroxyl groups is 1. The zero-order chi connectivity index (χ0) is 29.6. The Labute approximate surface area is 249 Å². The average Bonchev–Trinajstić information content (AvgIpc) is 3.49. The number of hydrogen-bond acceptors (Lipinski definition) is 8. The summed E-state index contributed by atoms with van der Waals surface area (Å²) in [6, 6.07) is 16.7. The summed E-state index contributed by atoms with van der Waals surface area (Å²) in [5.74, 6) is 0.134. The van der Waals surface area contributed by atoms with Gasteiger partial charge in [-0.25, -0.2) is 14.8 Å². The molecule has 2 aliphatic rings. The number of carbonyl (C=O) groups excluding carboxylic acids is 1. The molecule has 4 heterocycles. The second-order valence-electron chi connectivity index (χ2n) is 12.6. The number of phenolic OH excluding ortho intramolecular Hbond substituents is 1. The van der Waals surface area contributed by atoms with Crippen LogP contribution in [0.2, 0.25) is 0 Å². The Morgan fingerprint density at radius 2 is 1.86 bits per heavy atom. The van der Waals surface area contributed by atoms with Crippen LogP contribution in [0, 0.1) is 23.7 Å². The van der Waals surface area contributed by atoms with Crippen molar-refractivity contribution in [1.29, 1.82) is 5.26 Å². The zero-order valence-corrected chi connectivity index (χ0v) is 25.2. The van der Waals surface area contributed by atoms with Crippen molar-refractivity contribution in [3.63, 3.8) is 0 Å². The third-order valence-corrected chi connectivity index (χ3v) is 8.99. The van der Waals surface area contributed by atoms with Crippen LogP contribution in [-0.4, -0.2) is 52.2 Å². The number of aryl methyl sites for hydroxylation is 1. The van der Waals surface area contributed by atoms with E-state index in [-0.39, 0.29) is 16.6 Å². The van der Waals surface area contributed by atoms with Gasteiger partial charge >= 0.3 is 6.03 Å². The fourth-order valence-corrected chi connectivity index (χ4v) is 7.28. The molecule has 6 rings (SSSR count). The number of thiazole rings is 1. The lowest BCUT2D eigenvalue weighted by Crippen LogP contribution is -2.47. The van der Waals surface area contributed by atoms with E-state index in [1.807, 2.05) is 43.3 Å². The van der Waals surface area contributed by atoms with Gasteiger partial charge in [-0.15, -0.1) is 0 Å². The molecule has 4 aromatic rings. The maximum absolute atomic E-state index is 13.2. The minimum atomic E-state index is -0.419. The lowest BCUT2D eigenvalue weighted by atomic mass is 9.72. The van der Waals surface area contributed by atoms with Crippen LogP contribution < -0.4 is 15.5 Å². The van der Waals surface area contributed by atoms with Crippen LogP contribution in [0.3, 0.4) is 0 Å². The smallest absolute Gasteiger partial charge is 0.325 e. The van der Waals surface area contributed by atoms with Gasteiger partial charge in [0.25, 0.3) is 0 Å². The van der Waals surface area contributed by atoms with Gasteiger partial charge in [0.2, 0.25) is 0 Å². The first-order chi connectivity index (χ1) is 20.0. The number of likely N-dealkylation sites (tertiary alicyclic amines) is 1. The van der Waals surface area contributed by atoms with E-state index in [1.54, 1.807) is 12.1 Å². The molecular weight excluding hydrogens is 546 g/mol. The second-order valence-corrected chi connectivity index (χ2v) is 13.5. The minimum absolute atomic E-state index is 0.134. The number of pyridine rings is 1. The third-order valence-electron chi connectivity index (χ3n) is 8.11. The van der Waals surface area contributed by atoms with E-state index in [4.69, 9.17) is 0 Å². The van der Waals surface area contributed by atoms with Gasteiger partial charge in [-0.2, -0.15) is 5.26 Å². The summed E-state index contributed by atoms with van der Waals surface area (Å²) < 4.78 is 0. The minimum Gasteiger partial charge on any atom is -0.506 e. The highest BCUT2D eigenvalue weighted by Gasteiger charge is 2.48. The molecule has 3 N–H and O–H groups in total. The van der Waals surface area contributed by atoms with Crippen LogP contribution in [0.1, 0.15) is 50.4 Å². The average molecular weight is 582 g/mol. The van der Waals surface area contributed by atoms with E-state index in [0.29, 0.717) is 28.6 Å². The number of anilines is 4. The monoisotopic (exact) mass is 581 g/mol. The third kappa shape index (κ3) is 5.26. The van der Waals surface area contributed by atoms with Crippen molar-refractivity contribution < 1.29 is 9.90 Å². The van der Waals surface area contributed by atoms with Crippen molar-refractivity contribution >= 4 is 49.9 Å². The number of nitrogens with one attached hydrogen (secondary N) is 2. The Balaban J connectivity index is 1.30. The topological polar surface area (TPSA) is 117 Å². The molecule has 10 heteroatoms. The van der Waals surface area contributed by atoms with E-state index in [9.17, 15) is 15.2 Å². The van der Waals surface area contributed by atoms with Gasteiger partial charge in [0.1, 0.15) is 16.1 Å². The molecule has 0 aliphatic carbocycles. The first-order valence-electron chi connectivity index (χ1n) is 14.2. The Morgan fingerprint density at radius 3 is 2.60 bits per heavy atom. The zero-order valence-electron chi connectivity index (χ0n) is 24.4. The van der Waals surface area contributed by atoms with Crippen LogP contribution in [0.5, 0.6) is 5.75 Å². The van der Waals surface area contributed by atoms with E-state index in [2.05, 4.69) is 57.2 Å². The maximum atomic E-state index is 13.2. The number of nitriles is 1. The second kappa shape index (κ2) is 10.6. The summed E-state index contributed by atoms with van der Waals surface area (Å²) >= 11 is 1.32. The van der Waals surface area contributed by atoms with Crippen molar-refractivity contribution in [2.24, 2.45) is 5.41 Å². The summed E-state index contributed by atoms with van der Waals surface area (Å²) in [6.07, 6.45) is 1.76.